The summed E-state index contributed by atoms with van der Waals surface area (Å²) in [5.41, 5.74) is 0.596. The molecular formula is C22H24N4O4S. The molecule has 0 unspecified atom stereocenters. The molecule has 0 radical (unpaired) electrons. The third-order valence-corrected chi connectivity index (χ3v) is 6.65. The van der Waals surface area contributed by atoms with Gasteiger partial charge in [0.15, 0.2) is 22.4 Å². The number of carbonyl (C=O) groups excluding carboxylic acids is 1. The molecule has 0 bridgehead atoms. The second kappa shape index (κ2) is 8.66. The number of ketones is 1. The van der Waals surface area contributed by atoms with Crippen molar-refractivity contribution in [2.45, 2.75) is 31.5 Å². The maximum Gasteiger partial charge on any atom is 0.231 e. The van der Waals surface area contributed by atoms with Crippen LogP contribution in [0.25, 0.3) is 0 Å². The lowest BCUT2D eigenvalue weighted by Crippen LogP contribution is -2.35. The van der Waals surface area contributed by atoms with Crippen LogP contribution < -0.4 is 14.4 Å². The highest BCUT2D eigenvalue weighted by Gasteiger charge is 2.24. The second-order valence-corrected chi connectivity index (χ2v) is 8.84. The third kappa shape index (κ3) is 4.27. The second-order valence-electron chi connectivity index (χ2n) is 7.90. The minimum Gasteiger partial charge on any atom is -0.467 e. The van der Waals surface area contributed by atoms with Gasteiger partial charge in [-0.1, -0.05) is 18.7 Å². The van der Waals surface area contributed by atoms with Crippen molar-refractivity contribution < 1.29 is 18.7 Å². The van der Waals surface area contributed by atoms with Gasteiger partial charge in [0.05, 0.1) is 18.6 Å². The van der Waals surface area contributed by atoms with Gasteiger partial charge in [0, 0.05) is 18.7 Å². The molecule has 9 heteroatoms. The van der Waals surface area contributed by atoms with Gasteiger partial charge < -0.3 is 18.8 Å². The van der Waals surface area contributed by atoms with Crippen LogP contribution in [-0.4, -0.2) is 46.2 Å². The number of piperidine rings is 1. The average molecular weight is 441 g/mol. The van der Waals surface area contributed by atoms with Gasteiger partial charge in [0.1, 0.15) is 5.76 Å². The summed E-state index contributed by atoms with van der Waals surface area (Å²) in [6.45, 7) is 4.92. The van der Waals surface area contributed by atoms with Crippen molar-refractivity contribution in [1.82, 2.24) is 14.8 Å². The van der Waals surface area contributed by atoms with Crippen molar-refractivity contribution in [2.75, 3.05) is 30.5 Å². The van der Waals surface area contributed by atoms with Crippen LogP contribution in [0.15, 0.2) is 46.2 Å². The van der Waals surface area contributed by atoms with Gasteiger partial charge in [-0.2, -0.15) is 0 Å². The van der Waals surface area contributed by atoms with Gasteiger partial charge in [-0.15, -0.1) is 10.2 Å². The monoisotopic (exact) mass is 440 g/mol. The molecule has 0 aliphatic carbocycles. The zero-order valence-corrected chi connectivity index (χ0v) is 18.1. The van der Waals surface area contributed by atoms with Crippen LogP contribution in [-0.2, 0) is 6.54 Å². The fourth-order valence-corrected chi connectivity index (χ4v) is 4.64. The standard InChI is InChI=1S/C22H24N4O4S/c1-15-6-8-25(9-7-15)21-23-24-22(26(21)12-17-3-2-10-28-17)31-13-18(27)16-4-5-19-20(11-16)30-14-29-19/h2-5,10-11,15H,6-9,12-14H2,1H3. The van der Waals surface area contributed by atoms with E-state index in [1.165, 1.54) is 11.8 Å². The summed E-state index contributed by atoms with van der Waals surface area (Å²) in [6.07, 6.45) is 3.94. The number of benzene rings is 1. The van der Waals surface area contributed by atoms with E-state index in [1.54, 1.807) is 24.5 Å². The summed E-state index contributed by atoms with van der Waals surface area (Å²) in [6, 6.07) is 9.09. The molecule has 1 fully saturated rings. The molecule has 2 aliphatic heterocycles. The molecule has 8 nitrogen and oxygen atoms in total. The molecule has 162 valence electrons. The summed E-state index contributed by atoms with van der Waals surface area (Å²) in [5, 5.41) is 9.59. The smallest absolute Gasteiger partial charge is 0.231 e. The Kier molecular flexibility index (Phi) is 5.59. The molecule has 0 amide bonds. The van der Waals surface area contributed by atoms with Crippen molar-refractivity contribution >= 4 is 23.5 Å². The Labute approximate surface area is 184 Å². The third-order valence-electron chi connectivity index (χ3n) is 5.68. The first-order chi connectivity index (χ1) is 15.2. The molecule has 3 aromatic rings. The average Bonchev–Trinajstić information content (AvgIpc) is 3.54. The van der Waals surface area contributed by atoms with E-state index < -0.39 is 0 Å². The fraction of sp³-hybridized carbons (Fsp3) is 0.409. The number of thioether (sulfide) groups is 1. The normalized spacial score (nSPS) is 16.1. The van der Waals surface area contributed by atoms with E-state index in [0.717, 1.165) is 43.6 Å². The minimum absolute atomic E-state index is 0.00389. The first-order valence-electron chi connectivity index (χ1n) is 10.4. The Bertz CT molecular complexity index is 1060. The number of fused-ring (bicyclic) bond motifs is 1. The summed E-state index contributed by atoms with van der Waals surface area (Å²) in [7, 11) is 0. The van der Waals surface area contributed by atoms with Crippen LogP contribution in [0.2, 0.25) is 0 Å². The van der Waals surface area contributed by atoms with E-state index in [9.17, 15) is 4.79 Å². The Morgan fingerprint density at radius 1 is 1.16 bits per heavy atom. The summed E-state index contributed by atoms with van der Waals surface area (Å²) in [5.74, 6) is 3.93. The maximum absolute atomic E-state index is 12.8. The number of hydrogen-bond acceptors (Lipinski definition) is 8. The molecular weight excluding hydrogens is 416 g/mol. The van der Waals surface area contributed by atoms with E-state index in [4.69, 9.17) is 13.9 Å². The fourth-order valence-electron chi connectivity index (χ4n) is 3.81. The van der Waals surface area contributed by atoms with Crippen LogP contribution in [0.3, 0.4) is 0 Å². The minimum atomic E-state index is 0.00389. The Morgan fingerprint density at radius 3 is 2.81 bits per heavy atom. The number of carbonyl (C=O) groups is 1. The van der Waals surface area contributed by atoms with Crippen molar-refractivity contribution in [3.63, 3.8) is 0 Å². The highest BCUT2D eigenvalue weighted by Crippen LogP contribution is 2.33. The van der Waals surface area contributed by atoms with E-state index in [1.807, 2.05) is 16.7 Å². The topological polar surface area (TPSA) is 82.6 Å². The Morgan fingerprint density at radius 2 is 2.00 bits per heavy atom. The molecule has 1 aromatic carbocycles. The molecule has 0 spiro atoms. The van der Waals surface area contributed by atoms with Crippen molar-refractivity contribution in [1.29, 1.82) is 0 Å². The van der Waals surface area contributed by atoms with E-state index in [0.29, 0.717) is 28.8 Å². The molecule has 4 heterocycles. The van der Waals surface area contributed by atoms with E-state index >= 15 is 0 Å². The molecule has 0 atom stereocenters. The Balaban J connectivity index is 1.33. The molecule has 2 aliphatic rings. The molecule has 5 rings (SSSR count). The number of hydrogen-bond donors (Lipinski definition) is 0. The number of nitrogens with zero attached hydrogens (tertiary/aromatic N) is 4. The highest BCUT2D eigenvalue weighted by molar-refractivity contribution is 7.99. The number of furan rings is 1. The SMILES string of the molecule is CC1CCN(c2nnc(SCC(=O)c3ccc4c(c3)OCO4)n2Cc2ccco2)CC1. The van der Waals surface area contributed by atoms with Crippen LogP contribution in [0.5, 0.6) is 11.5 Å². The van der Waals surface area contributed by atoms with Crippen LogP contribution in [0.4, 0.5) is 5.95 Å². The van der Waals surface area contributed by atoms with Gasteiger partial charge in [-0.3, -0.25) is 9.36 Å². The zero-order valence-electron chi connectivity index (χ0n) is 17.3. The largest absolute Gasteiger partial charge is 0.467 e. The predicted molar refractivity (Wildman–Crippen MR) is 116 cm³/mol. The van der Waals surface area contributed by atoms with Gasteiger partial charge in [0.2, 0.25) is 12.7 Å². The van der Waals surface area contributed by atoms with Crippen molar-refractivity contribution in [3.05, 3.63) is 47.9 Å². The molecule has 0 N–H and O–H groups in total. The van der Waals surface area contributed by atoms with Gasteiger partial charge >= 0.3 is 0 Å². The first kappa shape index (κ1) is 20.0. The molecule has 2 aromatic heterocycles. The lowest BCUT2D eigenvalue weighted by atomic mass is 10.00. The molecule has 31 heavy (non-hydrogen) atoms. The Hall–Kier alpha value is -2.94. The number of aromatic nitrogens is 3. The van der Waals surface area contributed by atoms with Gasteiger partial charge in [-0.05, 0) is 49.1 Å². The van der Waals surface area contributed by atoms with E-state index in [2.05, 4.69) is 22.0 Å². The number of anilines is 1. The molecule has 0 saturated carbocycles. The van der Waals surface area contributed by atoms with Crippen LogP contribution >= 0.6 is 11.8 Å². The number of Topliss-reactive ketones (excluding diaryl/α,β-unsaturated/α-hetero) is 1. The predicted octanol–water partition coefficient (Wildman–Crippen LogP) is 3.86. The van der Waals surface area contributed by atoms with Gasteiger partial charge in [-0.25, -0.2) is 0 Å². The highest BCUT2D eigenvalue weighted by atomic mass is 32.2. The number of rotatable bonds is 7. The number of ether oxygens (including phenoxy) is 2. The lowest BCUT2D eigenvalue weighted by molar-refractivity contribution is 0.102. The van der Waals surface area contributed by atoms with Gasteiger partial charge in [0.25, 0.3) is 0 Å². The first-order valence-corrected chi connectivity index (χ1v) is 11.4. The quantitative estimate of drug-likeness (QED) is 0.405. The van der Waals surface area contributed by atoms with Crippen LogP contribution in [0.1, 0.15) is 35.9 Å². The summed E-state index contributed by atoms with van der Waals surface area (Å²) in [4.78, 5) is 15.1. The summed E-state index contributed by atoms with van der Waals surface area (Å²) < 4.78 is 18.3. The molecule has 1 saturated heterocycles. The van der Waals surface area contributed by atoms with Crippen LogP contribution in [0, 0.1) is 5.92 Å². The lowest BCUT2D eigenvalue weighted by Gasteiger charge is -2.31. The summed E-state index contributed by atoms with van der Waals surface area (Å²) >= 11 is 1.39. The van der Waals surface area contributed by atoms with Crippen molar-refractivity contribution in [2.24, 2.45) is 5.92 Å². The van der Waals surface area contributed by atoms with Crippen molar-refractivity contribution in [3.8, 4) is 11.5 Å². The maximum atomic E-state index is 12.8. The van der Waals surface area contributed by atoms with E-state index in [-0.39, 0.29) is 18.3 Å². The zero-order chi connectivity index (χ0) is 21.2.